The van der Waals surface area contributed by atoms with Gasteiger partial charge in [-0.2, -0.15) is 5.10 Å². The van der Waals surface area contributed by atoms with Gasteiger partial charge < -0.3 is 10.0 Å². The Bertz CT molecular complexity index is 518. The van der Waals surface area contributed by atoms with Crippen molar-refractivity contribution in [3.8, 4) is 0 Å². The fraction of sp³-hybridized carbons (Fsp3) is 0.667. The Morgan fingerprint density at radius 1 is 1.38 bits per heavy atom. The molecule has 1 aromatic heterocycles. The molecule has 1 heterocycles. The lowest BCUT2D eigenvalue weighted by molar-refractivity contribution is -0.160. The van der Waals surface area contributed by atoms with Crippen LogP contribution in [0.2, 0.25) is 0 Å². The van der Waals surface area contributed by atoms with Gasteiger partial charge >= 0.3 is 5.97 Å². The van der Waals surface area contributed by atoms with Crippen LogP contribution in [-0.2, 0) is 23.1 Å². The third kappa shape index (κ3) is 3.09. The average molecular weight is 293 g/mol. The quantitative estimate of drug-likeness (QED) is 0.894. The number of rotatable bonds is 5. The molecule has 1 aromatic rings. The van der Waals surface area contributed by atoms with E-state index in [0.29, 0.717) is 25.7 Å². The monoisotopic (exact) mass is 293 g/mol. The molecule has 1 N–H and O–H groups in total. The van der Waals surface area contributed by atoms with E-state index >= 15 is 0 Å². The Kier molecular flexibility index (Phi) is 4.65. The summed E-state index contributed by atoms with van der Waals surface area (Å²) in [4.78, 5) is 25.6. The summed E-state index contributed by atoms with van der Waals surface area (Å²) in [6.45, 7) is 0. The maximum Gasteiger partial charge on any atom is 0.329 e. The third-order valence-corrected chi connectivity index (χ3v) is 4.61. The maximum absolute atomic E-state index is 12.4. The number of carboxylic acid groups (broad SMARTS) is 1. The van der Waals surface area contributed by atoms with Crippen LogP contribution in [0, 0.1) is 0 Å². The molecule has 0 spiro atoms. The predicted molar refractivity (Wildman–Crippen MR) is 77.8 cm³/mol. The van der Waals surface area contributed by atoms with Gasteiger partial charge in [0.15, 0.2) is 0 Å². The number of aromatic nitrogens is 2. The van der Waals surface area contributed by atoms with E-state index in [9.17, 15) is 14.7 Å². The number of nitrogens with zero attached hydrogens (tertiary/aromatic N) is 3. The molecule has 0 aromatic carbocycles. The van der Waals surface area contributed by atoms with Crippen LogP contribution in [0.15, 0.2) is 12.3 Å². The zero-order chi connectivity index (χ0) is 15.5. The van der Waals surface area contributed by atoms with Gasteiger partial charge in [0.05, 0.1) is 0 Å². The van der Waals surface area contributed by atoms with Gasteiger partial charge in [0.1, 0.15) is 5.54 Å². The molecule has 0 radical (unpaired) electrons. The number of carboxylic acids is 1. The first kappa shape index (κ1) is 15.5. The number of amides is 1. The molecule has 2 rings (SSSR count). The molecule has 116 valence electrons. The molecule has 6 heteroatoms. The van der Waals surface area contributed by atoms with Gasteiger partial charge in [-0.3, -0.25) is 9.48 Å². The minimum atomic E-state index is -1.01. The summed E-state index contributed by atoms with van der Waals surface area (Å²) in [5, 5.41) is 13.7. The average Bonchev–Trinajstić information content (AvgIpc) is 2.89. The normalized spacial score (nSPS) is 17.4. The van der Waals surface area contributed by atoms with Crippen molar-refractivity contribution >= 4 is 11.9 Å². The maximum atomic E-state index is 12.4. The molecule has 1 aliphatic rings. The highest BCUT2D eigenvalue weighted by atomic mass is 16.4. The van der Waals surface area contributed by atoms with E-state index < -0.39 is 11.5 Å². The van der Waals surface area contributed by atoms with Gasteiger partial charge in [-0.15, -0.1) is 0 Å². The number of hydrogen-bond acceptors (Lipinski definition) is 3. The molecule has 6 nitrogen and oxygen atoms in total. The summed E-state index contributed by atoms with van der Waals surface area (Å²) in [7, 11) is 3.47. The first-order valence-electron chi connectivity index (χ1n) is 7.44. The summed E-state index contributed by atoms with van der Waals surface area (Å²) in [5.74, 6) is -0.987. The Balaban J connectivity index is 2.03. The van der Waals surface area contributed by atoms with Crippen molar-refractivity contribution in [1.29, 1.82) is 0 Å². The van der Waals surface area contributed by atoms with Crippen molar-refractivity contribution in [2.75, 3.05) is 7.05 Å². The van der Waals surface area contributed by atoms with Crippen LogP contribution in [0.1, 0.15) is 44.2 Å². The lowest BCUT2D eigenvalue weighted by Crippen LogP contribution is -2.56. The lowest BCUT2D eigenvalue weighted by atomic mass is 9.80. The zero-order valence-corrected chi connectivity index (χ0v) is 12.7. The van der Waals surface area contributed by atoms with Crippen molar-refractivity contribution in [3.63, 3.8) is 0 Å². The lowest BCUT2D eigenvalue weighted by Gasteiger charge is -2.41. The van der Waals surface area contributed by atoms with Crippen LogP contribution < -0.4 is 0 Å². The number of hydrogen-bond donors (Lipinski definition) is 1. The SMILES string of the molecule is CN(C(=O)CCc1ccnn1C)C1(C(=O)O)CCCCC1. The summed E-state index contributed by atoms with van der Waals surface area (Å²) in [6.07, 6.45) is 6.47. The van der Waals surface area contributed by atoms with Crippen molar-refractivity contribution < 1.29 is 14.7 Å². The highest BCUT2D eigenvalue weighted by Gasteiger charge is 2.45. The molecular formula is C15H23N3O3. The van der Waals surface area contributed by atoms with Crippen molar-refractivity contribution in [2.45, 2.75) is 50.5 Å². The van der Waals surface area contributed by atoms with Crippen molar-refractivity contribution in [2.24, 2.45) is 7.05 Å². The van der Waals surface area contributed by atoms with Gasteiger partial charge in [0.25, 0.3) is 0 Å². The summed E-state index contributed by atoms with van der Waals surface area (Å²) in [5.41, 5.74) is -0.0355. The number of aryl methyl sites for hydroxylation is 2. The molecular weight excluding hydrogens is 270 g/mol. The zero-order valence-electron chi connectivity index (χ0n) is 12.7. The number of carbonyl (C=O) groups excluding carboxylic acids is 1. The number of carbonyl (C=O) groups is 2. The van der Waals surface area contributed by atoms with E-state index in [2.05, 4.69) is 5.10 Å². The Labute approximate surface area is 124 Å². The molecule has 1 fully saturated rings. The van der Waals surface area contributed by atoms with Gasteiger partial charge in [-0.05, 0) is 25.3 Å². The summed E-state index contributed by atoms with van der Waals surface area (Å²) >= 11 is 0. The Morgan fingerprint density at radius 2 is 2.05 bits per heavy atom. The van der Waals surface area contributed by atoms with Crippen LogP contribution in [0.5, 0.6) is 0 Å². The van der Waals surface area contributed by atoms with E-state index in [1.54, 1.807) is 17.9 Å². The fourth-order valence-corrected chi connectivity index (χ4v) is 3.12. The van der Waals surface area contributed by atoms with Crippen LogP contribution in [0.25, 0.3) is 0 Å². The first-order valence-corrected chi connectivity index (χ1v) is 7.44. The van der Waals surface area contributed by atoms with E-state index in [1.807, 2.05) is 13.1 Å². The number of likely N-dealkylation sites (N-methyl/N-ethyl adjacent to an activating group) is 1. The molecule has 0 unspecified atom stereocenters. The van der Waals surface area contributed by atoms with Gasteiger partial charge in [-0.25, -0.2) is 4.79 Å². The molecule has 0 bridgehead atoms. The minimum absolute atomic E-state index is 0.111. The highest BCUT2D eigenvalue weighted by Crippen LogP contribution is 2.33. The van der Waals surface area contributed by atoms with Crippen LogP contribution in [-0.4, -0.2) is 44.3 Å². The standard InChI is InChI=1S/C15H23N3O3/c1-17(15(14(20)21)9-4-3-5-10-15)13(19)7-6-12-8-11-16-18(12)2/h8,11H,3-7,9-10H2,1-2H3,(H,20,21). The first-order chi connectivity index (χ1) is 9.97. The molecule has 1 amide bonds. The van der Waals surface area contributed by atoms with E-state index in [1.165, 1.54) is 4.90 Å². The predicted octanol–water partition coefficient (Wildman–Crippen LogP) is 1.60. The molecule has 0 atom stereocenters. The Hall–Kier alpha value is -1.85. The molecule has 0 aliphatic heterocycles. The summed E-state index contributed by atoms with van der Waals surface area (Å²) < 4.78 is 1.74. The Morgan fingerprint density at radius 3 is 2.57 bits per heavy atom. The van der Waals surface area contributed by atoms with E-state index in [-0.39, 0.29) is 5.91 Å². The van der Waals surface area contributed by atoms with Crippen molar-refractivity contribution in [1.82, 2.24) is 14.7 Å². The van der Waals surface area contributed by atoms with E-state index in [4.69, 9.17) is 0 Å². The van der Waals surface area contributed by atoms with Crippen LogP contribution in [0.4, 0.5) is 0 Å². The second-order valence-corrected chi connectivity index (χ2v) is 5.80. The minimum Gasteiger partial charge on any atom is -0.479 e. The topological polar surface area (TPSA) is 75.4 Å². The van der Waals surface area contributed by atoms with E-state index in [0.717, 1.165) is 25.0 Å². The fourth-order valence-electron chi connectivity index (χ4n) is 3.12. The van der Waals surface area contributed by atoms with Crippen LogP contribution >= 0.6 is 0 Å². The second kappa shape index (κ2) is 6.28. The highest BCUT2D eigenvalue weighted by molar-refractivity contribution is 5.87. The smallest absolute Gasteiger partial charge is 0.329 e. The largest absolute Gasteiger partial charge is 0.479 e. The van der Waals surface area contributed by atoms with Gasteiger partial charge in [-0.1, -0.05) is 19.3 Å². The van der Waals surface area contributed by atoms with Crippen molar-refractivity contribution in [3.05, 3.63) is 18.0 Å². The summed E-state index contributed by atoms with van der Waals surface area (Å²) in [6, 6.07) is 1.88. The number of aliphatic carboxylic acids is 1. The molecule has 21 heavy (non-hydrogen) atoms. The second-order valence-electron chi connectivity index (χ2n) is 5.80. The molecule has 1 aliphatic carbocycles. The van der Waals surface area contributed by atoms with Crippen LogP contribution in [0.3, 0.4) is 0 Å². The van der Waals surface area contributed by atoms with Gasteiger partial charge in [0, 0.05) is 32.4 Å². The van der Waals surface area contributed by atoms with Gasteiger partial charge in [0.2, 0.25) is 5.91 Å². The molecule has 1 saturated carbocycles. The third-order valence-electron chi connectivity index (χ3n) is 4.61. The molecule has 0 saturated heterocycles.